The van der Waals surface area contributed by atoms with Gasteiger partial charge in [-0.2, -0.15) is 0 Å². The molecular weight excluding hydrogens is 407 g/mol. The number of ether oxygens (including phenoxy) is 1. The molecule has 0 unspecified atom stereocenters. The summed E-state index contributed by atoms with van der Waals surface area (Å²) in [4.78, 5) is 27.7. The zero-order chi connectivity index (χ0) is 15.4. The number of hydrogen-bond acceptors (Lipinski definition) is 3. The van der Waals surface area contributed by atoms with Gasteiger partial charge in [-0.3, -0.25) is 9.59 Å². The molecule has 1 saturated heterocycles. The molecule has 21 heavy (non-hydrogen) atoms. The normalized spacial score (nSPS) is 14.9. The van der Waals surface area contributed by atoms with Crippen LogP contribution in [0.2, 0.25) is 5.02 Å². The molecule has 0 N–H and O–H groups in total. The molecule has 1 aliphatic heterocycles. The lowest BCUT2D eigenvalue weighted by atomic mass is 10.2. The van der Waals surface area contributed by atoms with Crippen molar-refractivity contribution in [3.8, 4) is 0 Å². The number of morpholine rings is 1. The second kappa shape index (κ2) is 7.42. The number of amides is 2. The predicted octanol–water partition coefficient (Wildman–Crippen LogP) is 1.88. The summed E-state index contributed by atoms with van der Waals surface area (Å²) in [5.41, 5.74) is 0.514. The monoisotopic (exact) mass is 422 g/mol. The molecule has 2 rings (SSSR count). The minimum absolute atomic E-state index is 0.0570. The van der Waals surface area contributed by atoms with E-state index in [1.165, 1.54) is 4.90 Å². The van der Waals surface area contributed by atoms with Gasteiger partial charge >= 0.3 is 0 Å². The predicted molar refractivity (Wildman–Crippen MR) is 88.5 cm³/mol. The third-order valence-corrected chi connectivity index (χ3v) is 4.42. The van der Waals surface area contributed by atoms with E-state index in [1.54, 1.807) is 30.1 Å². The van der Waals surface area contributed by atoms with Gasteiger partial charge in [-0.25, -0.2) is 0 Å². The summed E-state index contributed by atoms with van der Waals surface area (Å²) in [7, 11) is 1.62. The Kier molecular flexibility index (Phi) is 5.83. The minimum atomic E-state index is -0.205. The van der Waals surface area contributed by atoms with Crippen LogP contribution in [0.1, 0.15) is 10.4 Å². The van der Waals surface area contributed by atoms with Gasteiger partial charge < -0.3 is 14.5 Å². The number of benzene rings is 1. The molecule has 0 atom stereocenters. The first-order valence-corrected chi connectivity index (χ1v) is 8.00. The van der Waals surface area contributed by atoms with Crippen LogP contribution in [0, 0.1) is 3.57 Å². The van der Waals surface area contributed by atoms with E-state index in [-0.39, 0.29) is 18.4 Å². The fraction of sp³-hybridized carbons (Fsp3) is 0.429. The molecule has 0 saturated carbocycles. The van der Waals surface area contributed by atoms with Crippen molar-refractivity contribution < 1.29 is 14.3 Å². The Balaban J connectivity index is 2.02. The zero-order valence-electron chi connectivity index (χ0n) is 11.6. The van der Waals surface area contributed by atoms with Gasteiger partial charge in [-0.05, 0) is 40.8 Å². The first-order valence-electron chi connectivity index (χ1n) is 6.55. The highest BCUT2D eigenvalue weighted by atomic mass is 127. The Morgan fingerprint density at radius 3 is 2.71 bits per heavy atom. The van der Waals surface area contributed by atoms with Crippen molar-refractivity contribution in [2.24, 2.45) is 0 Å². The van der Waals surface area contributed by atoms with Gasteiger partial charge in [0.2, 0.25) is 5.91 Å². The summed E-state index contributed by atoms with van der Waals surface area (Å²) < 4.78 is 6.02. The Morgan fingerprint density at radius 2 is 2.05 bits per heavy atom. The van der Waals surface area contributed by atoms with Gasteiger partial charge in [0.15, 0.2) is 0 Å². The summed E-state index contributed by atoms with van der Waals surface area (Å²) in [6.07, 6.45) is 0. The number of carbonyl (C=O) groups is 2. The fourth-order valence-electron chi connectivity index (χ4n) is 2.05. The summed E-state index contributed by atoms with van der Waals surface area (Å²) in [5.74, 6) is -0.269. The molecule has 0 aromatic heterocycles. The topological polar surface area (TPSA) is 49.9 Å². The van der Waals surface area contributed by atoms with E-state index in [0.717, 1.165) is 3.57 Å². The lowest BCUT2D eigenvalue weighted by Crippen LogP contribution is -2.46. The van der Waals surface area contributed by atoms with Crippen LogP contribution in [-0.4, -0.2) is 61.5 Å². The molecule has 5 nitrogen and oxygen atoms in total. The van der Waals surface area contributed by atoms with Crippen molar-refractivity contribution in [3.63, 3.8) is 0 Å². The summed E-state index contributed by atoms with van der Waals surface area (Å²) >= 11 is 8.01. The van der Waals surface area contributed by atoms with Crippen molar-refractivity contribution in [3.05, 3.63) is 32.4 Å². The summed E-state index contributed by atoms with van der Waals surface area (Å²) in [6.45, 7) is 2.32. The lowest BCUT2D eigenvalue weighted by Gasteiger charge is -2.28. The first-order chi connectivity index (χ1) is 9.99. The second-order valence-electron chi connectivity index (χ2n) is 4.78. The molecule has 0 radical (unpaired) electrons. The molecule has 1 aromatic rings. The highest BCUT2D eigenvalue weighted by molar-refractivity contribution is 14.1. The molecule has 1 fully saturated rings. The SMILES string of the molecule is CN(CC(=O)N1CCOCC1)C(=O)c1cc(Cl)ccc1I. The van der Waals surface area contributed by atoms with Crippen molar-refractivity contribution >= 4 is 46.0 Å². The third kappa shape index (κ3) is 4.31. The average molecular weight is 423 g/mol. The zero-order valence-corrected chi connectivity index (χ0v) is 14.6. The number of likely N-dealkylation sites (N-methyl/N-ethyl adjacent to an activating group) is 1. The largest absolute Gasteiger partial charge is 0.378 e. The number of carbonyl (C=O) groups excluding carboxylic acids is 2. The number of rotatable bonds is 3. The van der Waals surface area contributed by atoms with Crippen molar-refractivity contribution in [2.75, 3.05) is 39.9 Å². The fourth-order valence-corrected chi connectivity index (χ4v) is 2.79. The van der Waals surface area contributed by atoms with E-state index in [4.69, 9.17) is 16.3 Å². The smallest absolute Gasteiger partial charge is 0.255 e. The van der Waals surface area contributed by atoms with Crippen molar-refractivity contribution in [1.29, 1.82) is 0 Å². The van der Waals surface area contributed by atoms with Crippen LogP contribution in [-0.2, 0) is 9.53 Å². The Morgan fingerprint density at radius 1 is 1.38 bits per heavy atom. The second-order valence-corrected chi connectivity index (χ2v) is 6.38. The van der Waals surface area contributed by atoms with Gasteiger partial charge in [0.05, 0.1) is 25.3 Å². The molecule has 0 bridgehead atoms. The molecule has 114 valence electrons. The van der Waals surface area contributed by atoms with Gasteiger partial charge in [-0.15, -0.1) is 0 Å². The average Bonchev–Trinajstić information content (AvgIpc) is 2.49. The van der Waals surface area contributed by atoms with Crippen LogP contribution in [0.15, 0.2) is 18.2 Å². The highest BCUT2D eigenvalue weighted by Crippen LogP contribution is 2.19. The molecule has 0 aliphatic carbocycles. The van der Waals surface area contributed by atoms with E-state index in [2.05, 4.69) is 22.6 Å². The minimum Gasteiger partial charge on any atom is -0.378 e. The standard InChI is InChI=1S/C14H16ClIN2O3/c1-17(9-13(19)18-4-6-21-7-5-18)14(20)11-8-10(15)2-3-12(11)16/h2-3,8H,4-7,9H2,1H3. The van der Waals surface area contributed by atoms with E-state index in [9.17, 15) is 9.59 Å². The maximum atomic E-state index is 12.4. The van der Waals surface area contributed by atoms with Gasteiger partial charge in [0.1, 0.15) is 0 Å². The Bertz CT molecular complexity index is 547. The molecular formula is C14H16ClIN2O3. The van der Waals surface area contributed by atoms with Crippen LogP contribution < -0.4 is 0 Å². The quantitative estimate of drug-likeness (QED) is 0.699. The molecule has 1 aromatic carbocycles. The Hall–Kier alpha value is -0.860. The summed E-state index contributed by atoms with van der Waals surface area (Å²) in [6, 6.07) is 5.15. The highest BCUT2D eigenvalue weighted by Gasteiger charge is 2.22. The van der Waals surface area contributed by atoms with E-state index >= 15 is 0 Å². The van der Waals surface area contributed by atoms with Crippen LogP contribution in [0.5, 0.6) is 0 Å². The van der Waals surface area contributed by atoms with Gasteiger partial charge in [0, 0.05) is 28.7 Å². The van der Waals surface area contributed by atoms with Gasteiger partial charge in [-0.1, -0.05) is 11.6 Å². The molecule has 0 spiro atoms. The molecule has 1 heterocycles. The number of hydrogen-bond donors (Lipinski definition) is 0. The molecule has 1 aliphatic rings. The van der Waals surface area contributed by atoms with Crippen LogP contribution in [0.25, 0.3) is 0 Å². The van der Waals surface area contributed by atoms with Crippen molar-refractivity contribution in [1.82, 2.24) is 9.80 Å². The lowest BCUT2D eigenvalue weighted by molar-refractivity contribution is -0.135. The third-order valence-electron chi connectivity index (χ3n) is 3.24. The number of nitrogens with zero attached hydrogens (tertiary/aromatic N) is 2. The van der Waals surface area contributed by atoms with Crippen LogP contribution in [0.4, 0.5) is 0 Å². The van der Waals surface area contributed by atoms with E-state index in [1.807, 2.05) is 0 Å². The van der Waals surface area contributed by atoms with Crippen LogP contribution in [0.3, 0.4) is 0 Å². The van der Waals surface area contributed by atoms with E-state index < -0.39 is 0 Å². The first kappa shape index (κ1) is 16.5. The molecule has 2 amide bonds. The molecule has 7 heteroatoms. The maximum Gasteiger partial charge on any atom is 0.255 e. The Labute approximate surface area is 142 Å². The van der Waals surface area contributed by atoms with Gasteiger partial charge in [0.25, 0.3) is 5.91 Å². The summed E-state index contributed by atoms with van der Waals surface area (Å²) in [5, 5.41) is 0.506. The van der Waals surface area contributed by atoms with Crippen molar-refractivity contribution in [2.45, 2.75) is 0 Å². The van der Waals surface area contributed by atoms with Crippen LogP contribution >= 0.6 is 34.2 Å². The number of halogens is 2. The van der Waals surface area contributed by atoms with E-state index in [0.29, 0.717) is 36.9 Å². The maximum absolute atomic E-state index is 12.4.